The van der Waals surface area contributed by atoms with E-state index in [0.717, 1.165) is 45.0 Å². The average molecular weight is 296 g/mol. The van der Waals surface area contributed by atoms with Crippen molar-refractivity contribution < 1.29 is 4.74 Å². The number of nitrogen functional groups attached to an aromatic ring is 1. The summed E-state index contributed by atoms with van der Waals surface area (Å²) in [5, 5.41) is 0. The van der Waals surface area contributed by atoms with Gasteiger partial charge in [0.1, 0.15) is 6.33 Å². The Bertz CT molecular complexity index is 410. The average Bonchev–Trinajstić information content (AvgIpc) is 2.54. The molecule has 0 bridgehead atoms. The monoisotopic (exact) mass is 296 g/mol. The Balaban J connectivity index is 2.76. The fraction of sp³-hybridized carbons (Fsp3) is 0.714. The molecule has 0 saturated carbocycles. The molecule has 0 atom stereocenters. The number of hydrogen-bond acceptors (Lipinski definition) is 7. The molecule has 0 aliphatic rings. The number of nitrogens with zero attached hydrogens (tertiary/aromatic N) is 4. The number of methoxy groups -OCH3 is 1. The molecule has 1 rings (SSSR count). The van der Waals surface area contributed by atoms with E-state index in [9.17, 15) is 0 Å². The maximum Gasteiger partial charge on any atom is 0.205 e. The van der Waals surface area contributed by atoms with Crippen molar-refractivity contribution in [1.29, 1.82) is 0 Å². The van der Waals surface area contributed by atoms with Crippen molar-refractivity contribution in [2.24, 2.45) is 5.84 Å². The van der Waals surface area contributed by atoms with E-state index in [1.54, 1.807) is 7.11 Å². The lowest BCUT2D eigenvalue weighted by atomic mass is 10.3. The van der Waals surface area contributed by atoms with E-state index in [2.05, 4.69) is 46.0 Å². The van der Waals surface area contributed by atoms with Gasteiger partial charge < -0.3 is 20.0 Å². The molecular formula is C14H28N6O. The number of ether oxygens (including phenoxy) is 1. The van der Waals surface area contributed by atoms with Gasteiger partial charge in [-0.3, -0.25) is 0 Å². The number of hydrazine groups is 1. The zero-order chi connectivity index (χ0) is 15.7. The number of rotatable bonds is 10. The van der Waals surface area contributed by atoms with Crippen molar-refractivity contribution in [1.82, 2.24) is 14.9 Å². The topological polar surface area (TPSA) is 79.5 Å². The first kappa shape index (κ1) is 17.5. The summed E-state index contributed by atoms with van der Waals surface area (Å²) in [5.74, 6) is 7.34. The van der Waals surface area contributed by atoms with E-state index in [0.29, 0.717) is 11.6 Å². The zero-order valence-electron chi connectivity index (χ0n) is 13.6. The molecule has 0 unspecified atom stereocenters. The molecule has 0 radical (unpaired) electrons. The number of aromatic nitrogens is 2. The van der Waals surface area contributed by atoms with Crippen LogP contribution in [0.4, 0.5) is 11.6 Å². The summed E-state index contributed by atoms with van der Waals surface area (Å²) < 4.78 is 5.40. The molecule has 0 saturated heterocycles. The summed E-state index contributed by atoms with van der Waals surface area (Å²) in [7, 11) is 1.60. The lowest BCUT2D eigenvalue weighted by molar-refractivity contribution is 0.300. The third kappa shape index (κ3) is 4.71. The quantitative estimate of drug-likeness (QED) is 0.498. The van der Waals surface area contributed by atoms with Crippen molar-refractivity contribution in [2.45, 2.75) is 27.2 Å². The van der Waals surface area contributed by atoms with Crippen LogP contribution in [0.1, 0.15) is 27.2 Å². The minimum Gasteiger partial charge on any atom is -0.490 e. The first-order chi connectivity index (χ1) is 10.2. The van der Waals surface area contributed by atoms with E-state index in [-0.39, 0.29) is 0 Å². The summed E-state index contributed by atoms with van der Waals surface area (Å²) >= 11 is 0. The van der Waals surface area contributed by atoms with Crippen molar-refractivity contribution in [3.05, 3.63) is 6.33 Å². The fourth-order valence-corrected chi connectivity index (χ4v) is 2.32. The number of nitrogens with two attached hydrogens (primary N) is 1. The van der Waals surface area contributed by atoms with Gasteiger partial charge in [0, 0.05) is 13.1 Å². The standard InChI is InChI=1S/C14H28N6O/c1-5-19(6-2)9-8-10-20(7-3)14-12(21-4)13(18-15)16-11-17-14/h11H,5-10,15H2,1-4H3,(H,16,17,18). The van der Waals surface area contributed by atoms with Crippen LogP contribution in [0, 0.1) is 0 Å². The lowest BCUT2D eigenvalue weighted by Gasteiger charge is -2.26. The van der Waals surface area contributed by atoms with Crippen LogP contribution in [0.5, 0.6) is 5.75 Å². The highest BCUT2D eigenvalue weighted by atomic mass is 16.5. The summed E-state index contributed by atoms with van der Waals surface area (Å²) in [6.07, 6.45) is 2.58. The van der Waals surface area contributed by atoms with E-state index < -0.39 is 0 Å². The van der Waals surface area contributed by atoms with E-state index in [1.165, 1.54) is 6.33 Å². The van der Waals surface area contributed by atoms with Gasteiger partial charge in [0.25, 0.3) is 0 Å². The van der Waals surface area contributed by atoms with Crippen molar-refractivity contribution in [2.75, 3.05) is 50.2 Å². The second kappa shape index (κ2) is 9.36. The van der Waals surface area contributed by atoms with Crippen LogP contribution in [0.3, 0.4) is 0 Å². The van der Waals surface area contributed by atoms with Crippen LogP contribution in [-0.4, -0.2) is 54.7 Å². The highest BCUT2D eigenvalue weighted by molar-refractivity contribution is 5.64. The molecule has 0 fully saturated rings. The number of nitrogens with one attached hydrogen (secondary N) is 1. The van der Waals surface area contributed by atoms with Crippen molar-refractivity contribution >= 4 is 11.6 Å². The zero-order valence-corrected chi connectivity index (χ0v) is 13.6. The normalized spacial score (nSPS) is 10.8. The Labute approximate surface area is 127 Å². The number of hydrogen-bond donors (Lipinski definition) is 2. The molecule has 1 heterocycles. The molecule has 0 aromatic carbocycles. The van der Waals surface area contributed by atoms with Gasteiger partial charge in [-0.05, 0) is 33.0 Å². The minimum atomic E-state index is 0.504. The molecule has 0 spiro atoms. The molecule has 7 nitrogen and oxygen atoms in total. The van der Waals surface area contributed by atoms with Crippen LogP contribution in [-0.2, 0) is 0 Å². The Hall–Kier alpha value is -1.60. The Morgan fingerprint density at radius 3 is 2.38 bits per heavy atom. The summed E-state index contributed by atoms with van der Waals surface area (Å²) in [5.41, 5.74) is 2.55. The molecule has 3 N–H and O–H groups in total. The Kier molecular flexibility index (Phi) is 7.78. The van der Waals surface area contributed by atoms with Gasteiger partial charge in [0.05, 0.1) is 7.11 Å². The van der Waals surface area contributed by atoms with Gasteiger partial charge in [0.2, 0.25) is 5.75 Å². The van der Waals surface area contributed by atoms with Crippen LogP contribution in [0.15, 0.2) is 6.33 Å². The smallest absolute Gasteiger partial charge is 0.205 e. The Morgan fingerprint density at radius 1 is 1.14 bits per heavy atom. The summed E-state index contributed by atoms with van der Waals surface area (Å²) in [6.45, 7) is 11.5. The first-order valence-corrected chi connectivity index (χ1v) is 7.54. The predicted molar refractivity (Wildman–Crippen MR) is 86.7 cm³/mol. The van der Waals surface area contributed by atoms with Gasteiger partial charge in [-0.15, -0.1) is 0 Å². The van der Waals surface area contributed by atoms with Gasteiger partial charge in [-0.25, -0.2) is 15.8 Å². The molecule has 120 valence electrons. The molecule has 0 amide bonds. The van der Waals surface area contributed by atoms with Crippen LogP contribution < -0.4 is 20.9 Å². The highest BCUT2D eigenvalue weighted by Gasteiger charge is 2.16. The predicted octanol–water partition coefficient (Wildman–Crippen LogP) is 1.33. The molecular weight excluding hydrogens is 268 g/mol. The van der Waals surface area contributed by atoms with Crippen molar-refractivity contribution in [3.8, 4) is 5.75 Å². The SMILES string of the molecule is CCN(CC)CCCN(CC)c1ncnc(NN)c1OC. The summed E-state index contributed by atoms with van der Waals surface area (Å²) in [4.78, 5) is 13.0. The minimum absolute atomic E-state index is 0.504. The summed E-state index contributed by atoms with van der Waals surface area (Å²) in [6, 6.07) is 0. The highest BCUT2D eigenvalue weighted by Crippen LogP contribution is 2.31. The van der Waals surface area contributed by atoms with Crippen molar-refractivity contribution in [3.63, 3.8) is 0 Å². The van der Waals surface area contributed by atoms with E-state index in [4.69, 9.17) is 10.6 Å². The molecule has 0 aliphatic carbocycles. The second-order valence-corrected chi connectivity index (χ2v) is 4.68. The molecule has 0 aliphatic heterocycles. The van der Waals surface area contributed by atoms with Gasteiger partial charge in [0.15, 0.2) is 11.6 Å². The van der Waals surface area contributed by atoms with Crippen LogP contribution in [0.25, 0.3) is 0 Å². The molecule has 7 heteroatoms. The third-order valence-electron chi connectivity index (χ3n) is 3.60. The molecule has 1 aromatic heterocycles. The second-order valence-electron chi connectivity index (χ2n) is 4.68. The van der Waals surface area contributed by atoms with Gasteiger partial charge in [-0.2, -0.15) is 0 Å². The van der Waals surface area contributed by atoms with Crippen LogP contribution in [0.2, 0.25) is 0 Å². The maximum absolute atomic E-state index is 5.47. The number of anilines is 2. The van der Waals surface area contributed by atoms with E-state index in [1.807, 2.05) is 0 Å². The van der Waals surface area contributed by atoms with E-state index >= 15 is 0 Å². The fourth-order valence-electron chi connectivity index (χ4n) is 2.32. The van der Waals surface area contributed by atoms with Crippen LogP contribution >= 0.6 is 0 Å². The third-order valence-corrected chi connectivity index (χ3v) is 3.60. The molecule has 1 aromatic rings. The molecule has 21 heavy (non-hydrogen) atoms. The maximum atomic E-state index is 5.47. The lowest BCUT2D eigenvalue weighted by Crippen LogP contribution is -2.31. The largest absolute Gasteiger partial charge is 0.490 e. The van der Waals surface area contributed by atoms with Gasteiger partial charge >= 0.3 is 0 Å². The van der Waals surface area contributed by atoms with Gasteiger partial charge in [-0.1, -0.05) is 13.8 Å². The Morgan fingerprint density at radius 2 is 1.86 bits per heavy atom. The first-order valence-electron chi connectivity index (χ1n) is 7.54.